The van der Waals surface area contributed by atoms with Gasteiger partial charge in [-0.25, -0.2) is 4.98 Å². The summed E-state index contributed by atoms with van der Waals surface area (Å²) in [5, 5.41) is 1.64. The molecular weight excluding hydrogens is 344 g/mol. The Bertz CT molecular complexity index is 949. The molecule has 1 aliphatic heterocycles. The summed E-state index contributed by atoms with van der Waals surface area (Å²) in [5.74, 6) is 0. The highest BCUT2D eigenvalue weighted by atomic mass is 32.2. The maximum atomic E-state index is 13.1. The Morgan fingerprint density at radius 1 is 1.19 bits per heavy atom. The van der Waals surface area contributed by atoms with Crippen molar-refractivity contribution in [2.24, 2.45) is 0 Å². The number of benzene rings is 2. The number of fused-ring (bicyclic) bond motifs is 1. The number of para-hydroxylation sites is 1. The first-order chi connectivity index (χ1) is 12.7. The highest BCUT2D eigenvalue weighted by Gasteiger charge is 2.21. The predicted molar refractivity (Wildman–Crippen MR) is 106 cm³/mol. The van der Waals surface area contributed by atoms with Crippen molar-refractivity contribution in [2.75, 3.05) is 6.61 Å². The molecule has 2 heterocycles. The van der Waals surface area contributed by atoms with Crippen LogP contribution in [0.1, 0.15) is 30.6 Å². The second kappa shape index (κ2) is 7.64. The van der Waals surface area contributed by atoms with Gasteiger partial charge < -0.3 is 4.74 Å². The third-order valence-corrected chi connectivity index (χ3v) is 5.94. The molecule has 1 aromatic heterocycles. The van der Waals surface area contributed by atoms with Crippen LogP contribution in [0.25, 0.3) is 10.9 Å². The lowest BCUT2D eigenvalue weighted by atomic mass is 10.2. The number of aromatic nitrogens is 2. The van der Waals surface area contributed by atoms with Crippen molar-refractivity contribution in [2.45, 2.75) is 42.8 Å². The SMILES string of the molecule is C[C@H](Sc1nc2ccccc2c(=O)n1C[C@H]1CCCO1)c1ccccc1. The lowest BCUT2D eigenvalue weighted by Gasteiger charge is -2.18. The zero-order valence-electron chi connectivity index (χ0n) is 14.8. The van der Waals surface area contributed by atoms with E-state index in [1.54, 1.807) is 11.8 Å². The van der Waals surface area contributed by atoms with Gasteiger partial charge in [0.1, 0.15) is 0 Å². The van der Waals surface area contributed by atoms with Crippen molar-refractivity contribution < 1.29 is 4.74 Å². The van der Waals surface area contributed by atoms with Crippen LogP contribution in [0.2, 0.25) is 0 Å². The minimum absolute atomic E-state index is 0.0221. The van der Waals surface area contributed by atoms with Crippen LogP contribution in [0.4, 0.5) is 0 Å². The molecule has 4 rings (SSSR count). The fraction of sp³-hybridized carbons (Fsp3) is 0.333. The highest BCUT2D eigenvalue weighted by Crippen LogP contribution is 2.34. The molecule has 0 saturated carbocycles. The molecule has 0 bridgehead atoms. The van der Waals surface area contributed by atoms with Crippen molar-refractivity contribution in [3.63, 3.8) is 0 Å². The molecule has 2 atom stereocenters. The normalized spacial score (nSPS) is 18.3. The van der Waals surface area contributed by atoms with E-state index in [1.807, 2.05) is 47.0 Å². The van der Waals surface area contributed by atoms with Crippen molar-refractivity contribution in [3.8, 4) is 0 Å². The smallest absolute Gasteiger partial charge is 0.262 e. The first-order valence-corrected chi connectivity index (χ1v) is 9.93. The quantitative estimate of drug-likeness (QED) is 0.495. The lowest BCUT2D eigenvalue weighted by molar-refractivity contribution is 0.0937. The average molecular weight is 366 g/mol. The molecule has 5 heteroatoms. The van der Waals surface area contributed by atoms with E-state index in [2.05, 4.69) is 19.1 Å². The van der Waals surface area contributed by atoms with Gasteiger partial charge in [0, 0.05) is 11.9 Å². The second-order valence-electron chi connectivity index (χ2n) is 6.63. The van der Waals surface area contributed by atoms with Gasteiger partial charge in [0.25, 0.3) is 5.56 Å². The molecule has 26 heavy (non-hydrogen) atoms. The van der Waals surface area contributed by atoms with Gasteiger partial charge in [-0.2, -0.15) is 0 Å². The summed E-state index contributed by atoms with van der Waals surface area (Å²) in [5.41, 5.74) is 2.00. The van der Waals surface area contributed by atoms with Crippen molar-refractivity contribution in [3.05, 3.63) is 70.5 Å². The van der Waals surface area contributed by atoms with Crippen LogP contribution in [0.15, 0.2) is 64.5 Å². The summed E-state index contributed by atoms with van der Waals surface area (Å²) >= 11 is 1.63. The fourth-order valence-electron chi connectivity index (χ4n) is 3.34. The molecule has 0 N–H and O–H groups in total. The molecule has 0 spiro atoms. The molecule has 0 radical (unpaired) electrons. The van der Waals surface area contributed by atoms with Crippen LogP contribution in [0.3, 0.4) is 0 Å². The van der Waals surface area contributed by atoms with Gasteiger partial charge in [0.2, 0.25) is 0 Å². The molecular formula is C21H22N2O2S. The van der Waals surface area contributed by atoms with Crippen LogP contribution in [0, 0.1) is 0 Å². The third-order valence-electron chi connectivity index (χ3n) is 4.79. The molecule has 0 amide bonds. The Labute approximate surface area is 157 Å². The molecule has 1 fully saturated rings. The second-order valence-corrected chi connectivity index (χ2v) is 7.94. The monoisotopic (exact) mass is 366 g/mol. The average Bonchev–Trinajstić information content (AvgIpc) is 3.19. The Morgan fingerprint density at radius 2 is 1.96 bits per heavy atom. The van der Waals surface area contributed by atoms with E-state index in [4.69, 9.17) is 9.72 Å². The van der Waals surface area contributed by atoms with Crippen LogP contribution in [-0.4, -0.2) is 22.3 Å². The Hall–Kier alpha value is -2.11. The van der Waals surface area contributed by atoms with Crippen LogP contribution in [0.5, 0.6) is 0 Å². The molecule has 4 nitrogen and oxygen atoms in total. The van der Waals surface area contributed by atoms with Gasteiger partial charge in [0.15, 0.2) is 5.16 Å². The third kappa shape index (κ3) is 3.55. The predicted octanol–water partition coefficient (Wildman–Crippen LogP) is 4.43. The van der Waals surface area contributed by atoms with Crippen LogP contribution < -0.4 is 5.56 Å². The van der Waals surface area contributed by atoms with Gasteiger partial charge in [-0.1, -0.05) is 54.2 Å². The highest BCUT2D eigenvalue weighted by molar-refractivity contribution is 7.99. The standard InChI is InChI=1S/C21H22N2O2S/c1-15(16-8-3-2-4-9-16)26-21-22-19-12-6-5-11-18(19)20(24)23(21)14-17-10-7-13-25-17/h2-6,8-9,11-12,15,17H,7,10,13-14H2,1H3/t15-,17+/m0/s1. The zero-order chi connectivity index (χ0) is 17.9. The summed E-state index contributed by atoms with van der Waals surface area (Å²) in [6, 6.07) is 17.9. The number of hydrogen-bond acceptors (Lipinski definition) is 4. The first kappa shape index (κ1) is 17.3. The van der Waals surface area contributed by atoms with E-state index in [-0.39, 0.29) is 16.9 Å². The summed E-state index contributed by atoms with van der Waals surface area (Å²) in [4.78, 5) is 17.9. The molecule has 0 unspecified atom stereocenters. The van der Waals surface area contributed by atoms with Crippen LogP contribution in [-0.2, 0) is 11.3 Å². The first-order valence-electron chi connectivity index (χ1n) is 9.05. The minimum atomic E-state index is 0.0221. The molecule has 3 aromatic rings. The van der Waals surface area contributed by atoms with Crippen molar-refractivity contribution in [1.82, 2.24) is 9.55 Å². The van der Waals surface area contributed by atoms with E-state index in [0.29, 0.717) is 11.9 Å². The molecule has 1 saturated heterocycles. The fourth-order valence-corrected chi connectivity index (χ4v) is 4.39. The Kier molecular flexibility index (Phi) is 5.09. The maximum absolute atomic E-state index is 13.1. The number of nitrogens with zero attached hydrogens (tertiary/aromatic N) is 2. The van der Waals surface area contributed by atoms with E-state index in [0.717, 1.165) is 30.1 Å². The van der Waals surface area contributed by atoms with E-state index < -0.39 is 0 Å². The number of hydrogen-bond donors (Lipinski definition) is 0. The van der Waals surface area contributed by atoms with Gasteiger partial charge in [0.05, 0.1) is 23.6 Å². The zero-order valence-corrected chi connectivity index (χ0v) is 15.6. The molecule has 134 valence electrons. The molecule has 2 aromatic carbocycles. The maximum Gasteiger partial charge on any atom is 0.262 e. The molecule has 0 aliphatic carbocycles. The minimum Gasteiger partial charge on any atom is -0.376 e. The Morgan fingerprint density at radius 3 is 2.73 bits per heavy atom. The topological polar surface area (TPSA) is 44.1 Å². The summed E-state index contributed by atoms with van der Waals surface area (Å²) in [6.45, 7) is 3.50. The number of thioether (sulfide) groups is 1. The van der Waals surface area contributed by atoms with Gasteiger partial charge in [-0.05, 0) is 37.5 Å². The lowest BCUT2D eigenvalue weighted by Crippen LogP contribution is -2.29. The number of rotatable bonds is 5. The Balaban J connectivity index is 1.74. The summed E-state index contributed by atoms with van der Waals surface area (Å²) in [7, 11) is 0. The largest absolute Gasteiger partial charge is 0.376 e. The van der Waals surface area contributed by atoms with Crippen LogP contribution >= 0.6 is 11.8 Å². The number of ether oxygens (including phenoxy) is 1. The summed E-state index contributed by atoms with van der Waals surface area (Å²) < 4.78 is 7.58. The van der Waals surface area contributed by atoms with Gasteiger partial charge in [-0.3, -0.25) is 9.36 Å². The van der Waals surface area contributed by atoms with Crippen molar-refractivity contribution in [1.29, 1.82) is 0 Å². The van der Waals surface area contributed by atoms with Crippen molar-refractivity contribution >= 4 is 22.7 Å². The van der Waals surface area contributed by atoms with E-state index in [9.17, 15) is 4.79 Å². The van der Waals surface area contributed by atoms with Gasteiger partial charge in [-0.15, -0.1) is 0 Å². The van der Waals surface area contributed by atoms with Gasteiger partial charge >= 0.3 is 0 Å². The summed E-state index contributed by atoms with van der Waals surface area (Å²) in [6.07, 6.45) is 2.16. The van der Waals surface area contributed by atoms with E-state index >= 15 is 0 Å². The molecule has 1 aliphatic rings. The van der Waals surface area contributed by atoms with E-state index in [1.165, 1.54) is 5.56 Å².